The fraction of sp³-hybridized carbons (Fsp3) is 0.705. The number of nitrogens with one attached hydrogen (secondary N) is 5. The zero-order valence-electron chi connectivity index (χ0n) is 62.4. The van der Waals surface area contributed by atoms with Crippen molar-refractivity contribution in [3.63, 3.8) is 0 Å². The molecule has 0 spiro atoms. The van der Waals surface area contributed by atoms with Crippen LogP contribution in [0, 0.1) is 0 Å². The van der Waals surface area contributed by atoms with Gasteiger partial charge in [0.2, 0.25) is 17.7 Å². The molecule has 0 aliphatic heterocycles. The summed E-state index contributed by atoms with van der Waals surface area (Å²) >= 11 is 1.20. The van der Waals surface area contributed by atoms with Crippen LogP contribution in [0.2, 0.25) is 0 Å². The van der Waals surface area contributed by atoms with Gasteiger partial charge in [-0.05, 0) is 49.3 Å². The molecule has 3 atom stereocenters. The molecule has 0 aliphatic carbocycles. The summed E-state index contributed by atoms with van der Waals surface area (Å²) in [7, 11) is 1.13. The van der Waals surface area contributed by atoms with Crippen LogP contribution in [0.3, 0.4) is 0 Å². The van der Waals surface area contributed by atoms with Gasteiger partial charge in [0, 0.05) is 75.2 Å². The summed E-state index contributed by atoms with van der Waals surface area (Å²) in [5.41, 5.74) is 11.0. The number of rotatable bonds is 63. The molecular weight excluding hydrogens is 1320 g/mol. The molecule has 23 nitrogen and oxygen atoms in total. The number of carbonyl (C=O) groups excluding carboxylic acids is 7. The van der Waals surface area contributed by atoms with Crippen LogP contribution in [0.5, 0.6) is 0 Å². The molecule has 8 N–H and O–H groups in total. The highest BCUT2D eigenvalue weighted by Gasteiger charge is 2.28. The second kappa shape index (κ2) is 56.8. The van der Waals surface area contributed by atoms with Gasteiger partial charge in [-0.15, -0.1) is 0 Å². The molecule has 0 saturated heterocycles. The van der Waals surface area contributed by atoms with Gasteiger partial charge in [-0.2, -0.15) is 11.8 Å². The van der Waals surface area contributed by atoms with Gasteiger partial charge >= 0.3 is 23.9 Å². The van der Waals surface area contributed by atoms with Crippen LogP contribution in [-0.2, 0) is 76.7 Å². The second-order valence-corrected chi connectivity index (χ2v) is 27.7. The fourth-order valence-electron chi connectivity index (χ4n) is 11.8. The summed E-state index contributed by atoms with van der Waals surface area (Å²) in [6.07, 6.45) is 34.5. The van der Waals surface area contributed by atoms with E-state index in [1.807, 2.05) is 30.3 Å². The molecule has 2 aromatic carbocycles. The number of nitrogens with zero attached hydrogens (tertiary/aromatic N) is 3. The number of nitrogens with two attached hydrogens (primary N) is 1. The smallest absolute Gasteiger partial charge is 0.330 e. The number of esters is 3. The van der Waals surface area contributed by atoms with Gasteiger partial charge in [-0.3, -0.25) is 24.0 Å². The number of amides is 5. The molecular formula is C78H127N9O14S. The van der Waals surface area contributed by atoms with Crippen LogP contribution < -0.4 is 32.3 Å². The van der Waals surface area contributed by atoms with Crippen molar-refractivity contribution in [2.24, 2.45) is 0 Å². The van der Waals surface area contributed by atoms with Crippen molar-refractivity contribution in [3.8, 4) is 0 Å². The highest BCUT2D eigenvalue weighted by Crippen LogP contribution is 2.30. The third-order valence-corrected chi connectivity index (χ3v) is 19.0. The highest BCUT2D eigenvalue weighted by molar-refractivity contribution is 7.99. The van der Waals surface area contributed by atoms with Gasteiger partial charge in [-0.1, -0.05) is 224 Å². The molecule has 0 radical (unpaired) electrons. The maximum atomic E-state index is 13.6. The number of ether oxygens (including phenoxy) is 6. The van der Waals surface area contributed by atoms with Crippen LogP contribution in [0.25, 0.3) is 21.9 Å². The summed E-state index contributed by atoms with van der Waals surface area (Å²) in [5.74, 6) is -1.24. The zero-order chi connectivity index (χ0) is 73.5. The van der Waals surface area contributed by atoms with E-state index in [1.165, 1.54) is 127 Å². The van der Waals surface area contributed by atoms with Crippen molar-refractivity contribution in [2.45, 2.75) is 277 Å². The molecule has 102 heavy (non-hydrogen) atoms. The summed E-state index contributed by atoms with van der Waals surface area (Å²) in [5, 5.41) is 24.3. The number of unbranched alkanes of at least 4 members (excludes halogenated alkanes) is 25. The van der Waals surface area contributed by atoms with Crippen LogP contribution in [0.15, 0.2) is 48.5 Å². The predicted molar refractivity (Wildman–Crippen MR) is 405 cm³/mol. The number of nitrogen functional groups attached to an aromatic ring is 1. The van der Waals surface area contributed by atoms with Crippen LogP contribution in [0.1, 0.15) is 256 Å². The van der Waals surface area contributed by atoms with E-state index in [0.717, 1.165) is 104 Å². The van der Waals surface area contributed by atoms with Crippen LogP contribution in [-0.4, -0.2) is 158 Å². The van der Waals surface area contributed by atoms with Gasteiger partial charge in [0.15, 0.2) is 11.9 Å². The Morgan fingerprint density at radius 1 is 0.549 bits per heavy atom. The number of urea groups is 1. The van der Waals surface area contributed by atoms with Gasteiger partial charge < -0.3 is 70.4 Å². The van der Waals surface area contributed by atoms with E-state index in [2.05, 4.69) is 75.1 Å². The SMILES string of the molecule is CCCCCCCCCCCCCCCC(=O)OC[C@H](CSCC(NC(=O)NCCCOCCOCCOCNC(=O)CCCC(=O)NCc1ccc(Cn2c(CCCC)nc3c(N)nc4ccccc4c32)cc1)C(=O)N[C@@H](CO)C(=O)OC)OC(=O)CCCCCCCCCCCCCCC. The Labute approximate surface area is 612 Å². The molecule has 24 heteroatoms. The lowest BCUT2D eigenvalue weighted by atomic mass is 10.0. The van der Waals surface area contributed by atoms with Crippen molar-refractivity contribution < 1.29 is 67.1 Å². The normalized spacial score (nSPS) is 12.2. The molecule has 574 valence electrons. The van der Waals surface area contributed by atoms with E-state index in [4.69, 9.17) is 39.1 Å². The molecule has 4 rings (SSSR count). The monoisotopic (exact) mass is 1450 g/mol. The Morgan fingerprint density at radius 2 is 1.09 bits per heavy atom. The van der Waals surface area contributed by atoms with Crippen LogP contribution >= 0.6 is 11.8 Å². The first kappa shape index (κ1) is 87.8. The number of fused-ring (bicyclic) bond motifs is 3. The number of imidazole rings is 1. The Bertz CT molecular complexity index is 2950. The molecule has 4 aromatic rings. The summed E-state index contributed by atoms with van der Waals surface area (Å²) in [6, 6.07) is 12.9. The van der Waals surface area contributed by atoms with Gasteiger partial charge in [0.25, 0.3) is 0 Å². The Hall–Kier alpha value is -6.60. The average molecular weight is 1450 g/mol. The van der Waals surface area contributed by atoms with E-state index >= 15 is 0 Å². The summed E-state index contributed by atoms with van der Waals surface area (Å²) < 4.78 is 35.3. The standard InChI is InChI=1S/C78H127N9O14S/c1-5-8-11-13-15-17-19-21-23-25-27-29-31-42-71(91)100-57-63(101-72(92)43-32-30-28-26-24-22-20-18-16-14-12-9-6-2)58-102-59-67(76(93)84-66(56-88)77(94)96-4)85-78(95)80-48-36-49-97-50-51-98-52-53-99-60-82-70(90)41-35-40-69(89)81-54-61-44-46-62(47-45-61)55-87-68(39-10-7-3)86-73-74(87)64-37-33-34-38-65(64)83-75(73)79/h33-34,37-38,44-47,63,66-67,88H,5-32,35-36,39-43,48-60H2,1-4H3,(H2,79,83)(H,81,89)(H,82,90)(H,84,93)(H2,80,85,95)/t63-,66+,67?/m1/s1. The van der Waals surface area contributed by atoms with E-state index in [-0.39, 0.29) is 101 Å². The minimum Gasteiger partial charge on any atom is -0.467 e. The number of carbonyl (C=O) groups is 7. The number of hydrogen-bond acceptors (Lipinski definition) is 18. The zero-order valence-corrected chi connectivity index (χ0v) is 63.2. The Balaban J connectivity index is 1.09. The van der Waals surface area contributed by atoms with Crippen molar-refractivity contribution >= 4 is 81.2 Å². The van der Waals surface area contributed by atoms with Gasteiger partial charge in [0.1, 0.15) is 36.8 Å². The Morgan fingerprint density at radius 3 is 1.68 bits per heavy atom. The molecule has 2 heterocycles. The number of anilines is 1. The third-order valence-electron chi connectivity index (χ3n) is 17.9. The van der Waals surface area contributed by atoms with E-state index in [0.29, 0.717) is 51.2 Å². The molecule has 0 saturated carbocycles. The van der Waals surface area contributed by atoms with Crippen LogP contribution in [0.4, 0.5) is 10.6 Å². The largest absolute Gasteiger partial charge is 0.467 e. The second-order valence-electron chi connectivity index (χ2n) is 26.6. The lowest BCUT2D eigenvalue weighted by Crippen LogP contribution is -2.55. The van der Waals surface area contributed by atoms with E-state index < -0.39 is 48.7 Å². The number of aliphatic hydroxyl groups excluding tert-OH is 1. The van der Waals surface area contributed by atoms with Gasteiger partial charge in [-0.25, -0.2) is 19.6 Å². The number of aromatic nitrogens is 3. The number of pyridine rings is 1. The molecule has 2 aromatic heterocycles. The number of thioether (sulfide) groups is 1. The van der Waals surface area contributed by atoms with Crippen molar-refractivity contribution in [1.29, 1.82) is 0 Å². The van der Waals surface area contributed by atoms with E-state index in [1.54, 1.807) is 0 Å². The van der Waals surface area contributed by atoms with Crippen molar-refractivity contribution in [1.82, 2.24) is 41.1 Å². The maximum absolute atomic E-state index is 13.6. The lowest BCUT2D eigenvalue weighted by molar-refractivity contribution is -0.157. The maximum Gasteiger partial charge on any atom is 0.330 e. The number of hydrogen-bond donors (Lipinski definition) is 7. The van der Waals surface area contributed by atoms with E-state index in [9.17, 15) is 38.7 Å². The third kappa shape index (κ3) is 39.3. The molecule has 0 fully saturated rings. The first-order valence-corrected chi connectivity index (χ1v) is 39.8. The topological polar surface area (TPSA) is 312 Å². The summed E-state index contributed by atoms with van der Waals surface area (Å²) in [4.78, 5) is 99.9. The number of aliphatic hydroxyl groups is 1. The molecule has 0 aliphatic rings. The first-order valence-electron chi connectivity index (χ1n) is 38.6. The van der Waals surface area contributed by atoms with Gasteiger partial charge in [0.05, 0.1) is 51.2 Å². The number of aryl methyl sites for hydroxylation is 1. The lowest BCUT2D eigenvalue weighted by Gasteiger charge is -2.23. The minimum absolute atomic E-state index is 0.00317. The summed E-state index contributed by atoms with van der Waals surface area (Å²) in [6.45, 7) is 8.27. The van der Waals surface area contributed by atoms with Crippen molar-refractivity contribution in [3.05, 3.63) is 65.5 Å². The fourth-order valence-corrected chi connectivity index (χ4v) is 12.9. The molecule has 5 amide bonds. The van der Waals surface area contributed by atoms with Crippen molar-refractivity contribution in [2.75, 3.05) is 83.9 Å². The quantitative estimate of drug-likeness (QED) is 0.00935. The number of methoxy groups -OCH3 is 1. The Kier molecular flexibility index (Phi) is 48.9. The number of para-hydroxylation sites is 1. The first-order chi connectivity index (χ1) is 49.8. The average Bonchev–Trinajstić information content (AvgIpc) is 1.58. The minimum atomic E-state index is -1.38. The highest BCUT2D eigenvalue weighted by atomic mass is 32.2. The molecule has 1 unspecified atom stereocenters. The predicted octanol–water partition coefficient (Wildman–Crippen LogP) is 13.3. The number of benzene rings is 2. The molecule has 0 bridgehead atoms.